The first-order valence-corrected chi connectivity index (χ1v) is 15.2. The van der Waals surface area contributed by atoms with Gasteiger partial charge in [-0.3, -0.25) is 13.8 Å². The lowest BCUT2D eigenvalue weighted by Gasteiger charge is -2.26. The van der Waals surface area contributed by atoms with Crippen molar-refractivity contribution in [2.45, 2.75) is 23.6 Å². The van der Waals surface area contributed by atoms with Gasteiger partial charge in [-0.25, -0.2) is 21.2 Å². The Labute approximate surface area is 237 Å². The molecule has 0 fully saturated rings. The monoisotopic (exact) mass is 601 g/mol. The highest BCUT2D eigenvalue weighted by Gasteiger charge is 2.28. The standard InChI is InChI=1S/C28H25ClFN3O5S2/c1-19-3-12-26(13-4-19)40(37,38)33(27-16-5-21(29)17-20(27)2)18-28(34)31-23-10-14-25(15-11-23)39(35,36)32-24-8-6-22(30)7-9-24/h3-17,32H,18H2,1-2H3,(H,31,34). The van der Waals surface area contributed by atoms with Gasteiger partial charge in [0.25, 0.3) is 20.0 Å². The molecule has 1 amide bonds. The molecule has 8 nitrogen and oxygen atoms in total. The molecule has 0 radical (unpaired) electrons. The number of aryl methyl sites for hydroxylation is 2. The summed E-state index contributed by atoms with van der Waals surface area (Å²) in [6.07, 6.45) is 0. The number of nitrogens with one attached hydrogen (secondary N) is 2. The molecule has 0 bridgehead atoms. The Hall–Kier alpha value is -3.93. The number of benzene rings is 4. The summed E-state index contributed by atoms with van der Waals surface area (Å²) in [5.41, 5.74) is 2.16. The van der Waals surface area contributed by atoms with Crippen molar-refractivity contribution in [3.05, 3.63) is 113 Å². The molecular formula is C28H25ClFN3O5S2. The summed E-state index contributed by atoms with van der Waals surface area (Å²) in [6.45, 7) is 2.97. The number of rotatable bonds is 9. The maximum Gasteiger partial charge on any atom is 0.264 e. The molecule has 0 aliphatic heterocycles. The van der Waals surface area contributed by atoms with E-state index in [1.165, 1.54) is 54.6 Å². The lowest BCUT2D eigenvalue weighted by Crippen LogP contribution is -2.38. The molecule has 0 aromatic heterocycles. The molecule has 208 valence electrons. The number of hydrogen-bond acceptors (Lipinski definition) is 5. The summed E-state index contributed by atoms with van der Waals surface area (Å²) in [6, 6.07) is 21.1. The van der Waals surface area contributed by atoms with Crippen molar-refractivity contribution in [2.24, 2.45) is 0 Å². The second kappa shape index (κ2) is 11.7. The Morgan fingerprint density at radius 3 is 1.98 bits per heavy atom. The van der Waals surface area contributed by atoms with Crippen LogP contribution in [-0.4, -0.2) is 29.3 Å². The van der Waals surface area contributed by atoms with Crippen LogP contribution in [0.2, 0.25) is 5.02 Å². The van der Waals surface area contributed by atoms with Crippen molar-refractivity contribution in [3.63, 3.8) is 0 Å². The predicted molar refractivity (Wildman–Crippen MR) is 154 cm³/mol. The molecule has 0 unspecified atom stereocenters. The number of anilines is 3. The van der Waals surface area contributed by atoms with Crippen molar-refractivity contribution in [2.75, 3.05) is 20.9 Å². The second-order valence-electron chi connectivity index (χ2n) is 8.94. The molecule has 2 N–H and O–H groups in total. The van der Waals surface area contributed by atoms with E-state index >= 15 is 0 Å². The quantitative estimate of drug-likeness (QED) is 0.254. The van der Waals surface area contributed by atoms with E-state index in [9.17, 15) is 26.0 Å². The van der Waals surface area contributed by atoms with Crippen molar-refractivity contribution < 1.29 is 26.0 Å². The van der Waals surface area contributed by atoms with Crippen molar-refractivity contribution >= 4 is 54.6 Å². The van der Waals surface area contributed by atoms with Gasteiger partial charge >= 0.3 is 0 Å². The van der Waals surface area contributed by atoms with Crippen molar-refractivity contribution in [3.8, 4) is 0 Å². The average molecular weight is 602 g/mol. The molecule has 4 aromatic carbocycles. The fourth-order valence-electron chi connectivity index (χ4n) is 3.82. The minimum atomic E-state index is -4.13. The third-order valence-corrected chi connectivity index (χ3v) is 9.27. The molecule has 0 saturated carbocycles. The molecule has 0 saturated heterocycles. The Morgan fingerprint density at radius 2 is 1.38 bits per heavy atom. The zero-order chi connectivity index (χ0) is 29.1. The largest absolute Gasteiger partial charge is 0.325 e. The van der Waals surface area contributed by atoms with Gasteiger partial charge < -0.3 is 5.32 Å². The van der Waals surface area contributed by atoms with E-state index in [2.05, 4.69) is 10.0 Å². The number of carbonyl (C=O) groups excluding carboxylic acids is 1. The third-order valence-electron chi connectivity index (χ3n) is 5.87. The molecule has 4 rings (SSSR count). The minimum absolute atomic E-state index is 0.0171. The highest BCUT2D eigenvalue weighted by molar-refractivity contribution is 7.93. The van der Waals surface area contributed by atoms with Crippen LogP contribution in [0.25, 0.3) is 0 Å². The predicted octanol–water partition coefficient (Wildman–Crippen LogP) is 5.73. The lowest BCUT2D eigenvalue weighted by molar-refractivity contribution is -0.114. The van der Waals surface area contributed by atoms with Crippen LogP contribution in [0.1, 0.15) is 11.1 Å². The van der Waals surface area contributed by atoms with E-state index < -0.39 is 38.3 Å². The second-order valence-corrected chi connectivity index (χ2v) is 12.9. The number of sulfonamides is 2. The van der Waals surface area contributed by atoms with Gasteiger partial charge in [-0.15, -0.1) is 0 Å². The maximum absolute atomic E-state index is 13.6. The average Bonchev–Trinajstić information content (AvgIpc) is 2.89. The number of halogens is 2. The van der Waals surface area contributed by atoms with Gasteiger partial charge in [-0.2, -0.15) is 0 Å². The van der Waals surface area contributed by atoms with Crippen LogP contribution < -0.4 is 14.3 Å². The van der Waals surface area contributed by atoms with Crippen molar-refractivity contribution in [1.82, 2.24) is 0 Å². The maximum atomic E-state index is 13.6. The van der Waals surface area contributed by atoms with E-state index in [-0.39, 0.29) is 26.9 Å². The van der Waals surface area contributed by atoms with Crippen molar-refractivity contribution in [1.29, 1.82) is 0 Å². The molecule has 0 atom stereocenters. The molecule has 40 heavy (non-hydrogen) atoms. The SMILES string of the molecule is Cc1ccc(S(=O)(=O)N(CC(=O)Nc2ccc(S(=O)(=O)Nc3ccc(F)cc3)cc2)c2ccc(Cl)cc2C)cc1. The Balaban J connectivity index is 1.55. The summed E-state index contributed by atoms with van der Waals surface area (Å²) in [4.78, 5) is 13.0. The molecule has 12 heteroatoms. The van der Waals surface area contributed by atoms with E-state index in [0.717, 1.165) is 22.0 Å². The van der Waals surface area contributed by atoms with Crippen LogP contribution in [0.15, 0.2) is 101 Å². The van der Waals surface area contributed by atoms with E-state index in [4.69, 9.17) is 11.6 Å². The number of carbonyl (C=O) groups is 1. The highest BCUT2D eigenvalue weighted by atomic mass is 35.5. The number of hydrogen-bond donors (Lipinski definition) is 2. The van der Waals surface area contributed by atoms with E-state index in [1.54, 1.807) is 31.2 Å². The molecule has 0 heterocycles. The lowest BCUT2D eigenvalue weighted by atomic mass is 10.2. The first kappa shape index (κ1) is 29.1. The van der Waals surface area contributed by atoms with Gasteiger partial charge in [-0.1, -0.05) is 29.3 Å². The van der Waals surface area contributed by atoms with Gasteiger partial charge in [0, 0.05) is 16.4 Å². The topological polar surface area (TPSA) is 113 Å². The number of amides is 1. The summed E-state index contributed by atoms with van der Waals surface area (Å²) in [5.74, 6) is -1.15. The molecule has 0 spiro atoms. The van der Waals surface area contributed by atoms with E-state index in [0.29, 0.717) is 10.6 Å². The molecule has 0 aliphatic carbocycles. The van der Waals surface area contributed by atoms with Gasteiger partial charge in [-0.05, 0) is 98.3 Å². The van der Waals surface area contributed by atoms with Crippen LogP contribution in [0, 0.1) is 19.7 Å². The summed E-state index contributed by atoms with van der Waals surface area (Å²) in [7, 11) is -8.11. The van der Waals surface area contributed by atoms with Crippen LogP contribution in [0.5, 0.6) is 0 Å². The number of nitrogens with zero attached hydrogens (tertiary/aromatic N) is 1. The summed E-state index contributed by atoms with van der Waals surface area (Å²) in [5, 5.41) is 3.03. The molecule has 0 aliphatic rings. The van der Waals surface area contributed by atoms with Gasteiger partial charge in [0.05, 0.1) is 15.5 Å². The zero-order valence-electron chi connectivity index (χ0n) is 21.4. The smallest absolute Gasteiger partial charge is 0.264 e. The first-order chi connectivity index (χ1) is 18.8. The van der Waals surface area contributed by atoms with E-state index in [1.807, 2.05) is 6.92 Å². The fourth-order valence-corrected chi connectivity index (χ4v) is 6.59. The zero-order valence-corrected chi connectivity index (χ0v) is 23.8. The minimum Gasteiger partial charge on any atom is -0.325 e. The first-order valence-electron chi connectivity index (χ1n) is 11.9. The van der Waals surface area contributed by atoms with Crippen LogP contribution in [0.4, 0.5) is 21.5 Å². The van der Waals surface area contributed by atoms with Crippen LogP contribution in [-0.2, 0) is 24.8 Å². The fraction of sp³-hybridized carbons (Fsp3) is 0.107. The Morgan fingerprint density at radius 1 is 0.800 bits per heavy atom. The van der Waals surface area contributed by atoms with Crippen LogP contribution >= 0.6 is 11.6 Å². The summed E-state index contributed by atoms with van der Waals surface area (Å²) >= 11 is 6.07. The molecule has 4 aromatic rings. The highest BCUT2D eigenvalue weighted by Crippen LogP contribution is 2.29. The summed E-state index contributed by atoms with van der Waals surface area (Å²) < 4.78 is 69.0. The van der Waals surface area contributed by atoms with Gasteiger partial charge in [0.1, 0.15) is 12.4 Å². The normalized spacial score (nSPS) is 11.6. The Bertz CT molecular complexity index is 1750. The Kier molecular flexibility index (Phi) is 8.48. The third kappa shape index (κ3) is 6.79. The van der Waals surface area contributed by atoms with Crippen LogP contribution in [0.3, 0.4) is 0 Å². The van der Waals surface area contributed by atoms with Gasteiger partial charge in [0.2, 0.25) is 5.91 Å². The van der Waals surface area contributed by atoms with Gasteiger partial charge in [0.15, 0.2) is 0 Å². The molecular weight excluding hydrogens is 577 g/mol.